The molecule has 48 valence electrons. The van der Waals surface area contributed by atoms with Gasteiger partial charge in [-0.2, -0.15) is 0 Å². The zero-order valence-corrected chi connectivity index (χ0v) is 7.21. The van der Waals surface area contributed by atoms with Gasteiger partial charge in [-0.05, 0) is 12.1 Å². The minimum Gasteiger partial charge on any atom is -0.327 e. The van der Waals surface area contributed by atoms with E-state index in [0.29, 0.717) is 0 Å². The number of hydrogen-bond acceptors (Lipinski definition) is 0. The summed E-state index contributed by atoms with van der Waals surface area (Å²) in [4.78, 5) is 0. The molecule has 0 aliphatic carbocycles. The Labute approximate surface area is 68.5 Å². The van der Waals surface area contributed by atoms with E-state index >= 15 is 0 Å². The van der Waals surface area contributed by atoms with Gasteiger partial charge in [0.15, 0.2) is 0 Å². The Balaban J connectivity index is 2.77. The van der Waals surface area contributed by atoms with E-state index in [0.717, 1.165) is 10.1 Å². The molecule has 0 fully saturated rings. The lowest BCUT2D eigenvalue weighted by Crippen LogP contribution is -1.90. The van der Waals surface area contributed by atoms with E-state index in [4.69, 9.17) is 0 Å². The van der Waals surface area contributed by atoms with Crippen molar-refractivity contribution >= 4 is 28.3 Å². The highest BCUT2D eigenvalue weighted by Crippen LogP contribution is 2.04. The van der Waals surface area contributed by atoms with E-state index in [-0.39, 0.29) is 0 Å². The summed E-state index contributed by atoms with van der Waals surface area (Å²) in [6.07, 6.45) is 4.00. The molecule has 1 nitrogen and oxygen atoms in total. The minimum absolute atomic E-state index is 0.979. The average molecular weight is 233 g/mol. The summed E-state index contributed by atoms with van der Waals surface area (Å²) in [6.45, 7) is 3.87. The van der Waals surface area contributed by atoms with Gasteiger partial charge in [-0.1, -0.05) is 29.2 Å². The molecule has 0 atom stereocenters. The van der Waals surface area contributed by atoms with Gasteiger partial charge in [0.2, 0.25) is 0 Å². The van der Waals surface area contributed by atoms with Crippen LogP contribution in [0.5, 0.6) is 0 Å². The normalized spacial score (nSPS) is 9.44. The molecule has 1 aromatic rings. The molecule has 2 heteroatoms. The van der Waals surface area contributed by atoms with Crippen molar-refractivity contribution < 1.29 is 0 Å². The summed E-state index contributed by atoms with van der Waals surface area (Å²) >= 11 is 2.29. The molecular formula is C7H8IN. The molecule has 1 heterocycles. The summed E-state index contributed by atoms with van der Waals surface area (Å²) in [6, 6.07) is 4.00. The van der Waals surface area contributed by atoms with E-state index < -0.39 is 0 Å². The third-order valence-electron chi connectivity index (χ3n) is 1.12. The van der Waals surface area contributed by atoms with Gasteiger partial charge >= 0.3 is 0 Å². The second-order valence-corrected chi connectivity index (χ2v) is 2.55. The van der Waals surface area contributed by atoms with E-state index in [1.54, 1.807) is 0 Å². The second-order valence-electron chi connectivity index (χ2n) is 1.79. The van der Waals surface area contributed by atoms with Crippen LogP contribution in [0.1, 0.15) is 0 Å². The van der Waals surface area contributed by atoms with Crippen molar-refractivity contribution in [3.05, 3.63) is 31.1 Å². The smallest absolute Gasteiger partial charge is 0.0398 e. The Morgan fingerprint density at radius 2 is 2.00 bits per heavy atom. The maximum Gasteiger partial charge on any atom is 0.0398 e. The first-order valence-electron chi connectivity index (χ1n) is 2.71. The minimum atomic E-state index is 0.979. The van der Waals surface area contributed by atoms with Gasteiger partial charge in [-0.3, -0.25) is 0 Å². The first-order valence-corrected chi connectivity index (χ1v) is 4.24. The number of alkyl halides is 1. The van der Waals surface area contributed by atoms with Crippen LogP contribution in [-0.4, -0.2) is 8.99 Å². The fraction of sp³-hybridized carbons (Fsp3) is 0.143. The van der Waals surface area contributed by atoms with Gasteiger partial charge in [-0.25, -0.2) is 0 Å². The van der Waals surface area contributed by atoms with Crippen LogP contribution in [-0.2, 0) is 0 Å². The van der Waals surface area contributed by atoms with Gasteiger partial charge < -0.3 is 4.57 Å². The SMILES string of the molecule is C=C(CI)n1cccc1. The number of nitrogens with zero attached hydrogens (tertiary/aromatic N) is 1. The van der Waals surface area contributed by atoms with Crippen molar-refractivity contribution in [2.45, 2.75) is 0 Å². The predicted octanol–water partition coefficient (Wildman–Crippen LogP) is 2.39. The van der Waals surface area contributed by atoms with Crippen LogP contribution in [0.15, 0.2) is 31.1 Å². The molecule has 1 aromatic heterocycles. The number of halogens is 1. The van der Waals surface area contributed by atoms with Crippen molar-refractivity contribution in [1.82, 2.24) is 4.57 Å². The number of rotatable bonds is 2. The Bertz CT molecular complexity index is 189. The Morgan fingerprint density at radius 1 is 1.44 bits per heavy atom. The number of aromatic nitrogens is 1. The van der Waals surface area contributed by atoms with Crippen molar-refractivity contribution in [2.24, 2.45) is 0 Å². The van der Waals surface area contributed by atoms with Gasteiger partial charge in [0.1, 0.15) is 0 Å². The highest BCUT2D eigenvalue weighted by atomic mass is 127. The van der Waals surface area contributed by atoms with Crippen LogP contribution in [0.4, 0.5) is 0 Å². The monoisotopic (exact) mass is 233 g/mol. The van der Waals surface area contributed by atoms with Crippen LogP contribution >= 0.6 is 22.6 Å². The van der Waals surface area contributed by atoms with E-state index in [1.807, 2.05) is 29.1 Å². The molecule has 0 N–H and O–H groups in total. The lowest BCUT2D eigenvalue weighted by molar-refractivity contribution is 1.12. The van der Waals surface area contributed by atoms with Crippen molar-refractivity contribution in [3.8, 4) is 0 Å². The Hall–Kier alpha value is -0.250. The molecular weight excluding hydrogens is 225 g/mol. The summed E-state index contributed by atoms with van der Waals surface area (Å²) in [7, 11) is 0. The first kappa shape index (κ1) is 6.86. The van der Waals surface area contributed by atoms with Crippen molar-refractivity contribution in [2.75, 3.05) is 4.43 Å². The average Bonchev–Trinajstić information content (AvgIpc) is 2.37. The van der Waals surface area contributed by atoms with Crippen molar-refractivity contribution in [3.63, 3.8) is 0 Å². The molecule has 0 aromatic carbocycles. The summed E-state index contributed by atoms with van der Waals surface area (Å²) in [5.41, 5.74) is 1.13. The van der Waals surface area contributed by atoms with Gasteiger partial charge in [0, 0.05) is 22.5 Å². The van der Waals surface area contributed by atoms with E-state index in [1.165, 1.54) is 0 Å². The molecule has 0 saturated heterocycles. The maximum absolute atomic E-state index is 3.87. The molecule has 0 aliphatic rings. The molecule has 0 saturated carbocycles. The lowest BCUT2D eigenvalue weighted by atomic mass is 10.6. The molecule has 9 heavy (non-hydrogen) atoms. The molecule has 0 amide bonds. The summed E-state index contributed by atoms with van der Waals surface area (Å²) < 4.78 is 3.00. The largest absolute Gasteiger partial charge is 0.327 e. The molecule has 1 rings (SSSR count). The van der Waals surface area contributed by atoms with Crippen LogP contribution in [0.25, 0.3) is 5.70 Å². The topological polar surface area (TPSA) is 4.93 Å². The molecule has 0 spiro atoms. The molecule has 0 aliphatic heterocycles. The van der Waals surface area contributed by atoms with Crippen LogP contribution in [0.3, 0.4) is 0 Å². The van der Waals surface area contributed by atoms with E-state index in [2.05, 4.69) is 29.2 Å². The van der Waals surface area contributed by atoms with Gasteiger partial charge in [0.25, 0.3) is 0 Å². The lowest BCUT2D eigenvalue weighted by Gasteiger charge is -1.99. The zero-order valence-electron chi connectivity index (χ0n) is 5.05. The van der Waals surface area contributed by atoms with Crippen LogP contribution in [0, 0.1) is 0 Å². The number of hydrogen-bond donors (Lipinski definition) is 0. The van der Waals surface area contributed by atoms with Crippen LogP contribution < -0.4 is 0 Å². The molecule has 0 unspecified atom stereocenters. The van der Waals surface area contributed by atoms with Crippen molar-refractivity contribution in [1.29, 1.82) is 0 Å². The zero-order chi connectivity index (χ0) is 6.69. The summed E-state index contributed by atoms with van der Waals surface area (Å²) in [5.74, 6) is 0. The Kier molecular flexibility index (Phi) is 2.33. The molecule has 0 radical (unpaired) electrons. The fourth-order valence-corrected chi connectivity index (χ4v) is 1.01. The molecule has 0 bridgehead atoms. The standard InChI is InChI=1S/C7H8IN/c1-7(6-8)9-4-2-3-5-9/h2-5H,1,6H2. The number of allylic oxidation sites excluding steroid dienone is 1. The van der Waals surface area contributed by atoms with Crippen LogP contribution in [0.2, 0.25) is 0 Å². The third kappa shape index (κ3) is 1.58. The summed E-state index contributed by atoms with van der Waals surface area (Å²) in [5, 5.41) is 0. The predicted molar refractivity (Wildman–Crippen MR) is 48.6 cm³/mol. The highest BCUT2D eigenvalue weighted by molar-refractivity contribution is 14.1. The Morgan fingerprint density at radius 3 is 2.44 bits per heavy atom. The van der Waals surface area contributed by atoms with E-state index in [9.17, 15) is 0 Å². The van der Waals surface area contributed by atoms with Gasteiger partial charge in [-0.15, -0.1) is 0 Å². The second kappa shape index (κ2) is 3.06. The maximum atomic E-state index is 3.87. The third-order valence-corrected chi connectivity index (χ3v) is 2.00. The fourth-order valence-electron chi connectivity index (χ4n) is 0.614. The van der Waals surface area contributed by atoms with Gasteiger partial charge in [0.05, 0.1) is 0 Å². The quantitative estimate of drug-likeness (QED) is 0.546. The first-order chi connectivity index (χ1) is 4.34. The highest BCUT2D eigenvalue weighted by Gasteiger charge is 1.89.